The lowest BCUT2D eigenvalue weighted by molar-refractivity contribution is -0.123. The Kier molecular flexibility index (Phi) is 6.96. The van der Waals surface area contributed by atoms with Crippen LogP contribution in [-0.2, 0) is 9.53 Å². The lowest BCUT2D eigenvalue weighted by Crippen LogP contribution is -2.38. The number of rotatable bonds is 7. The van der Waals surface area contributed by atoms with Crippen LogP contribution in [0.4, 0.5) is 8.78 Å². The van der Waals surface area contributed by atoms with Gasteiger partial charge in [-0.05, 0) is 18.8 Å². The van der Waals surface area contributed by atoms with E-state index in [1.54, 1.807) is 0 Å². The molecule has 0 saturated heterocycles. The fraction of sp³-hybridized carbons (Fsp3) is 0.909. The van der Waals surface area contributed by atoms with Gasteiger partial charge in [0.1, 0.15) is 6.61 Å². The lowest BCUT2D eigenvalue weighted by Gasteiger charge is -2.18. The van der Waals surface area contributed by atoms with Gasteiger partial charge in [0.2, 0.25) is 5.91 Å². The van der Waals surface area contributed by atoms with Crippen molar-refractivity contribution in [3.63, 3.8) is 0 Å². The molecule has 1 rings (SSSR count). The standard InChI is InChI=1S/C11H18BrF2NO2/c12-6-8-2-1-3-9(8)15-11(16)4-5-17-7-10(13)14/h8-10H,1-7H2,(H,15,16). The Bertz CT molecular complexity index is 242. The first-order valence-electron chi connectivity index (χ1n) is 5.84. The predicted molar refractivity (Wildman–Crippen MR) is 64.5 cm³/mol. The molecule has 100 valence electrons. The number of alkyl halides is 3. The molecule has 2 atom stereocenters. The molecule has 1 aliphatic rings. The quantitative estimate of drug-likeness (QED) is 0.579. The molecule has 6 heteroatoms. The molecule has 0 heterocycles. The van der Waals surface area contributed by atoms with Gasteiger partial charge in [0.05, 0.1) is 6.61 Å². The van der Waals surface area contributed by atoms with Gasteiger partial charge in [0.15, 0.2) is 0 Å². The van der Waals surface area contributed by atoms with Crippen molar-refractivity contribution in [1.82, 2.24) is 5.32 Å². The SMILES string of the molecule is O=C(CCOCC(F)F)NC1CCCC1CBr. The number of ether oxygens (including phenoxy) is 1. The molecule has 2 unspecified atom stereocenters. The zero-order valence-electron chi connectivity index (χ0n) is 9.63. The highest BCUT2D eigenvalue weighted by atomic mass is 79.9. The second-order valence-electron chi connectivity index (χ2n) is 4.24. The molecule has 0 aromatic heterocycles. The molecule has 0 aromatic rings. The van der Waals surface area contributed by atoms with Crippen molar-refractivity contribution in [2.24, 2.45) is 5.92 Å². The summed E-state index contributed by atoms with van der Waals surface area (Å²) in [6.45, 7) is -0.539. The summed E-state index contributed by atoms with van der Waals surface area (Å²) < 4.78 is 28.2. The Morgan fingerprint density at radius 3 is 2.88 bits per heavy atom. The van der Waals surface area contributed by atoms with Gasteiger partial charge in [-0.1, -0.05) is 22.4 Å². The maximum Gasteiger partial charge on any atom is 0.261 e. The minimum Gasteiger partial charge on any atom is -0.375 e. The van der Waals surface area contributed by atoms with Crippen LogP contribution in [-0.4, -0.2) is 36.9 Å². The number of halogens is 3. The number of hydrogen-bond donors (Lipinski definition) is 1. The third kappa shape index (κ3) is 5.77. The Labute approximate surface area is 108 Å². The van der Waals surface area contributed by atoms with Crippen LogP contribution < -0.4 is 5.32 Å². The van der Waals surface area contributed by atoms with E-state index in [1.165, 1.54) is 0 Å². The van der Waals surface area contributed by atoms with Crippen molar-refractivity contribution in [3.8, 4) is 0 Å². The van der Waals surface area contributed by atoms with E-state index in [0.717, 1.165) is 24.6 Å². The van der Waals surface area contributed by atoms with E-state index >= 15 is 0 Å². The molecule has 0 aliphatic heterocycles. The summed E-state index contributed by atoms with van der Waals surface area (Å²) in [5, 5.41) is 3.82. The third-order valence-corrected chi connectivity index (χ3v) is 3.75. The first-order chi connectivity index (χ1) is 8.13. The number of carbonyl (C=O) groups is 1. The number of carbonyl (C=O) groups excluding carboxylic acids is 1. The van der Waals surface area contributed by atoms with Crippen molar-refractivity contribution in [2.75, 3.05) is 18.5 Å². The summed E-state index contributed by atoms with van der Waals surface area (Å²) in [5.74, 6) is 0.373. The van der Waals surface area contributed by atoms with Gasteiger partial charge < -0.3 is 10.1 Å². The van der Waals surface area contributed by atoms with Crippen LogP contribution in [0.3, 0.4) is 0 Å². The summed E-state index contributed by atoms with van der Waals surface area (Å²) >= 11 is 3.43. The van der Waals surface area contributed by atoms with Crippen LogP contribution >= 0.6 is 15.9 Å². The van der Waals surface area contributed by atoms with E-state index in [2.05, 4.69) is 26.0 Å². The molecule has 0 spiro atoms. The molecule has 17 heavy (non-hydrogen) atoms. The minimum atomic E-state index is -2.47. The van der Waals surface area contributed by atoms with Crippen molar-refractivity contribution in [1.29, 1.82) is 0 Å². The summed E-state index contributed by atoms with van der Waals surface area (Å²) in [6, 6.07) is 0.219. The van der Waals surface area contributed by atoms with Crippen LogP contribution in [0, 0.1) is 5.92 Å². The van der Waals surface area contributed by atoms with Gasteiger partial charge in [0.25, 0.3) is 6.43 Å². The van der Waals surface area contributed by atoms with E-state index < -0.39 is 13.0 Å². The summed E-state index contributed by atoms with van der Waals surface area (Å²) in [7, 11) is 0. The van der Waals surface area contributed by atoms with Crippen molar-refractivity contribution in [3.05, 3.63) is 0 Å². The maximum absolute atomic E-state index is 11.8. The van der Waals surface area contributed by atoms with Crippen LogP contribution in [0.1, 0.15) is 25.7 Å². The molecule has 0 radical (unpaired) electrons. The summed E-state index contributed by atoms with van der Waals surface area (Å²) in [4.78, 5) is 11.5. The van der Waals surface area contributed by atoms with E-state index in [-0.39, 0.29) is 25.0 Å². The Hall–Kier alpha value is -0.230. The number of nitrogens with one attached hydrogen (secondary N) is 1. The van der Waals surface area contributed by atoms with Crippen LogP contribution in [0.25, 0.3) is 0 Å². The third-order valence-electron chi connectivity index (χ3n) is 2.92. The van der Waals surface area contributed by atoms with E-state index in [1.807, 2.05) is 0 Å². The lowest BCUT2D eigenvalue weighted by atomic mass is 10.1. The van der Waals surface area contributed by atoms with E-state index in [4.69, 9.17) is 0 Å². The highest BCUT2D eigenvalue weighted by Crippen LogP contribution is 2.27. The highest BCUT2D eigenvalue weighted by Gasteiger charge is 2.27. The number of amides is 1. The van der Waals surface area contributed by atoms with Crippen molar-refractivity contribution < 1.29 is 18.3 Å². The molecule has 1 N–H and O–H groups in total. The molecule has 1 amide bonds. The van der Waals surface area contributed by atoms with Crippen LogP contribution in [0.2, 0.25) is 0 Å². The average Bonchev–Trinajstić information content (AvgIpc) is 2.71. The minimum absolute atomic E-state index is 0.0574. The largest absolute Gasteiger partial charge is 0.375 e. The average molecular weight is 314 g/mol. The van der Waals surface area contributed by atoms with Crippen LogP contribution in [0.15, 0.2) is 0 Å². The molecular formula is C11H18BrF2NO2. The molecule has 3 nitrogen and oxygen atoms in total. The van der Waals surface area contributed by atoms with Crippen LogP contribution in [0.5, 0.6) is 0 Å². The van der Waals surface area contributed by atoms with Gasteiger partial charge in [-0.2, -0.15) is 0 Å². The molecular weight excluding hydrogens is 296 g/mol. The second-order valence-corrected chi connectivity index (χ2v) is 4.88. The van der Waals surface area contributed by atoms with E-state index in [0.29, 0.717) is 5.92 Å². The molecule has 1 saturated carbocycles. The summed E-state index contributed by atoms with van der Waals surface area (Å²) in [6.07, 6.45) is 0.935. The number of hydrogen-bond acceptors (Lipinski definition) is 2. The van der Waals surface area contributed by atoms with Gasteiger partial charge in [-0.25, -0.2) is 8.78 Å². The van der Waals surface area contributed by atoms with Crippen molar-refractivity contribution >= 4 is 21.8 Å². The van der Waals surface area contributed by atoms with Gasteiger partial charge >= 0.3 is 0 Å². The first-order valence-corrected chi connectivity index (χ1v) is 6.97. The predicted octanol–water partition coefficient (Wildman–Crippen LogP) is 2.34. The highest BCUT2D eigenvalue weighted by molar-refractivity contribution is 9.09. The normalized spacial score (nSPS) is 24.2. The smallest absolute Gasteiger partial charge is 0.261 e. The Morgan fingerprint density at radius 2 is 2.24 bits per heavy atom. The van der Waals surface area contributed by atoms with Gasteiger partial charge in [-0.3, -0.25) is 4.79 Å². The zero-order valence-corrected chi connectivity index (χ0v) is 11.2. The van der Waals surface area contributed by atoms with Gasteiger partial charge in [-0.15, -0.1) is 0 Å². The molecule has 1 fully saturated rings. The topological polar surface area (TPSA) is 38.3 Å². The second kappa shape index (κ2) is 7.97. The maximum atomic E-state index is 11.8. The molecule has 0 bridgehead atoms. The van der Waals surface area contributed by atoms with Gasteiger partial charge in [0, 0.05) is 17.8 Å². The zero-order chi connectivity index (χ0) is 12.7. The fourth-order valence-electron chi connectivity index (χ4n) is 2.03. The van der Waals surface area contributed by atoms with Crippen molar-refractivity contribution in [2.45, 2.75) is 38.2 Å². The fourth-order valence-corrected chi connectivity index (χ4v) is 2.80. The first kappa shape index (κ1) is 14.8. The van der Waals surface area contributed by atoms with E-state index in [9.17, 15) is 13.6 Å². The Morgan fingerprint density at radius 1 is 1.47 bits per heavy atom. The monoisotopic (exact) mass is 313 g/mol. The molecule has 0 aromatic carbocycles. The summed E-state index contributed by atoms with van der Waals surface area (Å²) in [5.41, 5.74) is 0. The Balaban J connectivity index is 2.12. The molecule has 1 aliphatic carbocycles.